The molecule has 0 bridgehead atoms. The lowest BCUT2D eigenvalue weighted by Gasteiger charge is -2.18. The van der Waals surface area contributed by atoms with E-state index in [0.717, 1.165) is 16.8 Å². The maximum atomic E-state index is 12.9. The van der Waals surface area contributed by atoms with Crippen molar-refractivity contribution in [1.82, 2.24) is 0 Å². The Morgan fingerprint density at radius 1 is 1.05 bits per heavy atom. The Kier molecular flexibility index (Phi) is 4.81. The Labute approximate surface area is 130 Å². The fraction of sp³-hybridized carbons (Fsp3) is 0.278. The molecule has 2 rings (SSSR count). The van der Waals surface area contributed by atoms with Gasteiger partial charge in [-0.2, -0.15) is 0 Å². The number of rotatable bonds is 4. The second-order valence-electron chi connectivity index (χ2n) is 5.64. The number of anilines is 2. The van der Waals surface area contributed by atoms with Crippen LogP contribution in [0.4, 0.5) is 15.8 Å². The molecule has 1 atom stereocenters. The van der Waals surface area contributed by atoms with E-state index >= 15 is 0 Å². The molecule has 0 spiro atoms. The van der Waals surface area contributed by atoms with Gasteiger partial charge >= 0.3 is 0 Å². The highest BCUT2D eigenvalue weighted by Gasteiger charge is 2.15. The molecule has 0 aliphatic heterocycles. The van der Waals surface area contributed by atoms with Crippen LogP contribution in [0, 0.1) is 26.6 Å². The molecule has 2 aromatic carbocycles. The molecular weight excluding hydrogens is 279 g/mol. The van der Waals surface area contributed by atoms with E-state index in [-0.39, 0.29) is 11.7 Å². The molecule has 2 aromatic rings. The first kappa shape index (κ1) is 16.0. The highest BCUT2D eigenvalue weighted by molar-refractivity contribution is 5.97. The van der Waals surface area contributed by atoms with Gasteiger partial charge in [0.2, 0.25) is 5.91 Å². The lowest BCUT2D eigenvalue weighted by molar-refractivity contribution is -0.116. The van der Waals surface area contributed by atoms with E-state index in [1.54, 1.807) is 19.1 Å². The predicted octanol–water partition coefficient (Wildman–Crippen LogP) is 4.19. The summed E-state index contributed by atoms with van der Waals surface area (Å²) in [6, 6.07) is 9.61. The van der Waals surface area contributed by atoms with Crippen molar-refractivity contribution in [3.63, 3.8) is 0 Å². The Bertz CT molecular complexity index is 657. The third-order valence-corrected chi connectivity index (χ3v) is 3.55. The number of amides is 1. The first-order valence-electron chi connectivity index (χ1n) is 7.27. The second-order valence-corrected chi connectivity index (χ2v) is 5.64. The summed E-state index contributed by atoms with van der Waals surface area (Å²) >= 11 is 0. The molecule has 0 aliphatic rings. The van der Waals surface area contributed by atoms with Crippen molar-refractivity contribution in [2.24, 2.45) is 0 Å². The van der Waals surface area contributed by atoms with Gasteiger partial charge in [0.15, 0.2) is 0 Å². The average Bonchev–Trinajstić information content (AvgIpc) is 2.45. The Hall–Kier alpha value is -2.36. The van der Waals surface area contributed by atoms with Crippen molar-refractivity contribution < 1.29 is 9.18 Å². The monoisotopic (exact) mass is 300 g/mol. The van der Waals surface area contributed by atoms with Crippen LogP contribution in [0.15, 0.2) is 36.4 Å². The van der Waals surface area contributed by atoms with Crippen molar-refractivity contribution >= 4 is 17.3 Å². The fourth-order valence-electron chi connectivity index (χ4n) is 2.47. The average molecular weight is 300 g/mol. The topological polar surface area (TPSA) is 41.1 Å². The summed E-state index contributed by atoms with van der Waals surface area (Å²) in [4.78, 5) is 12.3. The van der Waals surface area contributed by atoms with Crippen molar-refractivity contribution in [3.05, 3.63) is 58.9 Å². The number of aryl methyl sites for hydroxylation is 3. The highest BCUT2D eigenvalue weighted by atomic mass is 19.1. The van der Waals surface area contributed by atoms with Crippen molar-refractivity contribution in [2.75, 3.05) is 10.6 Å². The van der Waals surface area contributed by atoms with E-state index in [2.05, 4.69) is 10.6 Å². The van der Waals surface area contributed by atoms with E-state index in [1.165, 1.54) is 17.7 Å². The molecule has 0 aromatic heterocycles. The van der Waals surface area contributed by atoms with E-state index < -0.39 is 6.04 Å². The molecular formula is C18H21FN2O. The highest BCUT2D eigenvalue weighted by Crippen LogP contribution is 2.22. The van der Waals surface area contributed by atoms with Crippen molar-refractivity contribution in [3.8, 4) is 0 Å². The molecule has 0 saturated heterocycles. The van der Waals surface area contributed by atoms with Gasteiger partial charge in [0.25, 0.3) is 0 Å². The zero-order chi connectivity index (χ0) is 16.3. The van der Waals surface area contributed by atoms with Crippen LogP contribution in [0.5, 0.6) is 0 Å². The van der Waals surface area contributed by atoms with Crippen molar-refractivity contribution in [1.29, 1.82) is 0 Å². The van der Waals surface area contributed by atoms with Crippen LogP contribution in [0.3, 0.4) is 0 Å². The lowest BCUT2D eigenvalue weighted by atomic mass is 10.0. The molecule has 22 heavy (non-hydrogen) atoms. The van der Waals surface area contributed by atoms with Crippen LogP contribution in [-0.2, 0) is 4.79 Å². The Balaban J connectivity index is 2.07. The van der Waals surface area contributed by atoms with Crippen LogP contribution in [0.2, 0.25) is 0 Å². The quantitative estimate of drug-likeness (QED) is 0.889. The normalized spacial score (nSPS) is 11.9. The fourth-order valence-corrected chi connectivity index (χ4v) is 2.47. The summed E-state index contributed by atoms with van der Waals surface area (Å²) in [7, 11) is 0. The van der Waals surface area contributed by atoms with E-state index in [1.807, 2.05) is 32.9 Å². The lowest BCUT2D eigenvalue weighted by Crippen LogP contribution is -2.32. The number of hydrogen-bond donors (Lipinski definition) is 2. The SMILES string of the molecule is Cc1cc(C)c(NC(=O)[C@H](C)Nc2ccc(F)cc2)c(C)c1. The van der Waals surface area contributed by atoms with Crippen LogP contribution in [-0.4, -0.2) is 11.9 Å². The maximum absolute atomic E-state index is 12.9. The minimum atomic E-state index is -0.425. The van der Waals surface area contributed by atoms with Gasteiger partial charge in [0, 0.05) is 11.4 Å². The summed E-state index contributed by atoms with van der Waals surface area (Å²) in [5.74, 6) is -0.423. The first-order chi connectivity index (χ1) is 10.4. The van der Waals surface area contributed by atoms with Gasteiger partial charge in [-0.15, -0.1) is 0 Å². The number of hydrogen-bond acceptors (Lipinski definition) is 2. The van der Waals surface area contributed by atoms with Crippen LogP contribution < -0.4 is 10.6 Å². The van der Waals surface area contributed by atoms with Crippen LogP contribution in [0.1, 0.15) is 23.6 Å². The summed E-state index contributed by atoms with van der Waals surface area (Å²) in [6.45, 7) is 7.77. The molecule has 0 radical (unpaired) electrons. The maximum Gasteiger partial charge on any atom is 0.246 e. The van der Waals surface area contributed by atoms with Gasteiger partial charge in [-0.1, -0.05) is 17.7 Å². The smallest absolute Gasteiger partial charge is 0.246 e. The summed E-state index contributed by atoms with van der Waals surface area (Å²) in [5.41, 5.74) is 4.81. The number of benzene rings is 2. The number of nitrogens with one attached hydrogen (secondary N) is 2. The predicted molar refractivity (Wildman–Crippen MR) is 88.8 cm³/mol. The van der Waals surface area contributed by atoms with E-state index in [4.69, 9.17) is 0 Å². The molecule has 4 heteroatoms. The number of carbonyl (C=O) groups excluding carboxylic acids is 1. The molecule has 0 saturated carbocycles. The minimum absolute atomic E-state index is 0.126. The van der Waals surface area contributed by atoms with Gasteiger partial charge in [-0.25, -0.2) is 4.39 Å². The molecule has 0 fully saturated rings. The summed E-state index contributed by atoms with van der Waals surface area (Å²) in [6.07, 6.45) is 0. The first-order valence-corrected chi connectivity index (χ1v) is 7.27. The van der Waals surface area contributed by atoms with Gasteiger partial charge < -0.3 is 10.6 Å². The Morgan fingerprint density at radius 2 is 1.59 bits per heavy atom. The summed E-state index contributed by atoms with van der Waals surface area (Å²) < 4.78 is 12.9. The zero-order valence-corrected chi connectivity index (χ0v) is 13.3. The van der Waals surface area contributed by atoms with Gasteiger partial charge in [-0.05, 0) is 63.1 Å². The summed E-state index contributed by atoms with van der Waals surface area (Å²) in [5, 5.41) is 6.02. The standard InChI is InChI=1S/C18H21FN2O/c1-11-9-12(2)17(13(3)10-11)21-18(22)14(4)20-16-7-5-15(19)6-8-16/h5-10,14,20H,1-4H3,(H,21,22)/t14-/m0/s1. The number of halogens is 1. The molecule has 0 unspecified atom stereocenters. The molecule has 0 aliphatic carbocycles. The largest absolute Gasteiger partial charge is 0.374 e. The van der Waals surface area contributed by atoms with Gasteiger partial charge in [0.05, 0.1) is 0 Å². The molecule has 0 heterocycles. The minimum Gasteiger partial charge on any atom is -0.374 e. The number of carbonyl (C=O) groups is 1. The van der Waals surface area contributed by atoms with Crippen molar-refractivity contribution in [2.45, 2.75) is 33.7 Å². The van der Waals surface area contributed by atoms with E-state index in [9.17, 15) is 9.18 Å². The van der Waals surface area contributed by atoms with E-state index in [0.29, 0.717) is 5.69 Å². The third kappa shape index (κ3) is 3.85. The zero-order valence-electron chi connectivity index (χ0n) is 13.3. The molecule has 2 N–H and O–H groups in total. The third-order valence-electron chi connectivity index (χ3n) is 3.55. The van der Waals surface area contributed by atoms with Gasteiger partial charge in [0.1, 0.15) is 11.9 Å². The Morgan fingerprint density at radius 3 is 2.14 bits per heavy atom. The van der Waals surface area contributed by atoms with Crippen LogP contribution in [0.25, 0.3) is 0 Å². The molecule has 116 valence electrons. The van der Waals surface area contributed by atoms with Gasteiger partial charge in [-0.3, -0.25) is 4.79 Å². The molecule has 1 amide bonds. The second kappa shape index (κ2) is 6.60. The van der Waals surface area contributed by atoms with Crippen LogP contribution >= 0.6 is 0 Å². The molecule has 3 nitrogen and oxygen atoms in total.